The molecule has 10 heteroatoms. The Hall–Kier alpha value is -0.230. The highest BCUT2D eigenvalue weighted by molar-refractivity contribution is 8.77. The molecular weight excluding hydrogens is 476 g/mol. The van der Waals surface area contributed by atoms with E-state index in [0.29, 0.717) is 45.6 Å². The third-order valence-corrected chi connectivity index (χ3v) is 7.99. The van der Waals surface area contributed by atoms with Crippen LogP contribution in [0.3, 0.4) is 0 Å². The zero-order valence-electron chi connectivity index (χ0n) is 22.5. The van der Waals surface area contributed by atoms with E-state index in [1.165, 1.54) is 0 Å². The Morgan fingerprint density at radius 3 is 2.06 bits per heavy atom. The van der Waals surface area contributed by atoms with Crippen LogP contribution in [0.25, 0.3) is 0 Å². The molecule has 0 radical (unpaired) electrons. The second kappa shape index (κ2) is 22.0. The molecule has 8 nitrogen and oxygen atoms in total. The van der Waals surface area contributed by atoms with Crippen molar-refractivity contribution in [3.05, 3.63) is 0 Å². The van der Waals surface area contributed by atoms with Crippen LogP contribution in [0, 0.1) is 0 Å². The molecule has 1 unspecified atom stereocenters. The monoisotopic (exact) mass is 526 g/mol. The minimum atomic E-state index is -0.411. The van der Waals surface area contributed by atoms with Gasteiger partial charge in [-0.1, -0.05) is 35.4 Å². The summed E-state index contributed by atoms with van der Waals surface area (Å²) in [6.07, 6.45) is 2.66. The molecule has 1 amide bonds. The summed E-state index contributed by atoms with van der Waals surface area (Å²) in [5, 5.41) is 5.99. The van der Waals surface area contributed by atoms with Crippen LogP contribution >= 0.6 is 21.6 Å². The lowest BCUT2D eigenvalue weighted by Gasteiger charge is -2.24. The Balaban J connectivity index is 3.60. The summed E-state index contributed by atoms with van der Waals surface area (Å²) < 4.78 is 27.6. The molecule has 0 aliphatic rings. The fourth-order valence-corrected chi connectivity index (χ4v) is 4.77. The molecule has 0 saturated carbocycles. The fourth-order valence-electron chi connectivity index (χ4n) is 2.45. The van der Waals surface area contributed by atoms with Crippen LogP contribution in [0.4, 0.5) is 4.79 Å². The third-order valence-electron chi connectivity index (χ3n) is 4.38. The van der Waals surface area contributed by atoms with Crippen LogP contribution in [0.1, 0.15) is 67.7 Å². The van der Waals surface area contributed by atoms with Gasteiger partial charge in [-0.05, 0) is 53.9 Å². The molecule has 0 aromatic heterocycles. The first-order chi connectivity index (χ1) is 16.1. The Morgan fingerprint density at radius 1 is 0.824 bits per heavy atom. The number of amides is 1. The van der Waals surface area contributed by atoms with E-state index in [2.05, 4.69) is 45.3 Å². The van der Waals surface area contributed by atoms with Gasteiger partial charge in [0.1, 0.15) is 5.44 Å². The van der Waals surface area contributed by atoms with Crippen molar-refractivity contribution in [1.82, 2.24) is 10.6 Å². The lowest BCUT2D eigenvalue weighted by atomic mass is 10.1. The van der Waals surface area contributed by atoms with Gasteiger partial charge in [-0.2, -0.15) is 0 Å². The number of ether oxygens (including phenoxy) is 5. The van der Waals surface area contributed by atoms with Gasteiger partial charge in [-0.15, -0.1) is 0 Å². The molecule has 204 valence electrons. The highest BCUT2D eigenvalue weighted by Gasteiger charge is 2.21. The van der Waals surface area contributed by atoms with E-state index in [1.54, 1.807) is 21.6 Å². The number of carbonyl (C=O) groups is 1. The van der Waals surface area contributed by atoms with E-state index in [4.69, 9.17) is 23.7 Å². The largest absolute Gasteiger partial charge is 0.450 e. The first-order valence-electron chi connectivity index (χ1n) is 12.5. The molecule has 0 fully saturated rings. The van der Waals surface area contributed by atoms with Gasteiger partial charge >= 0.3 is 6.09 Å². The zero-order valence-corrected chi connectivity index (χ0v) is 24.1. The second-order valence-electron chi connectivity index (χ2n) is 9.15. The van der Waals surface area contributed by atoms with Crippen molar-refractivity contribution in [2.45, 2.75) is 90.1 Å². The summed E-state index contributed by atoms with van der Waals surface area (Å²) >= 11 is 0. The summed E-state index contributed by atoms with van der Waals surface area (Å²) in [4.78, 5) is 11.8. The predicted octanol–water partition coefficient (Wildman–Crippen LogP) is 4.86. The predicted molar refractivity (Wildman–Crippen MR) is 144 cm³/mol. The maximum Gasteiger partial charge on any atom is 0.407 e. The first-order valence-corrected chi connectivity index (χ1v) is 14.7. The molecule has 0 aliphatic heterocycles. The molecule has 0 heterocycles. The maximum atomic E-state index is 11.8. The molecule has 2 N–H and O–H groups in total. The van der Waals surface area contributed by atoms with Crippen LogP contribution in [0.2, 0.25) is 0 Å². The molecule has 0 aromatic carbocycles. The Bertz CT molecular complexity index is 484. The fraction of sp³-hybridized carbons (Fsp3) is 0.958. The van der Waals surface area contributed by atoms with E-state index in [-0.39, 0.29) is 16.3 Å². The number of nitrogens with one attached hydrogen (secondary N) is 2. The van der Waals surface area contributed by atoms with Crippen molar-refractivity contribution in [3.8, 4) is 0 Å². The molecule has 0 bridgehead atoms. The number of unbranched alkanes of at least 4 members (excludes halogenated alkanes) is 1. The summed E-state index contributed by atoms with van der Waals surface area (Å²) in [5.74, 6) is 0. The number of alkyl carbamates (subject to hydrolysis) is 1. The lowest BCUT2D eigenvalue weighted by Crippen LogP contribution is -2.30. The molecule has 1 atom stereocenters. The van der Waals surface area contributed by atoms with Crippen LogP contribution in [-0.2, 0) is 23.7 Å². The summed E-state index contributed by atoms with van der Waals surface area (Å²) in [6, 6.07) is 0.466. The Morgan fingerprint density at radius 2 is 1.44 bits per heavy atom. The van der Waals surface area contributed by atoms with Crippen molar-refractivity contribution in [2.75, 3.05) is 59.3 Å². The number of carbonyl (C=O) groups excluding carboxylic acids is 1. The topological polar surface area (TPSA) is 87.3 Å². The normalized spacial score (nSPS) is 13.0. The van der Waals surface area contributed by atoms with Gasteiger partial charge in [-0.25, -0.2) is 4.79 Å². The van der Waals surface area contributed by atoms with Crippen LogP contribution in [0.5, 0.6) is 0 Å². The van der Waals surface area contributed by atoms with Crippen molar-refractivity contribution >= 4 is 27.7 Å². The summed E-state index contributed by atoms with van der Waals surface area (Å²) in [6.45, 7) is 20.0. The minimum Gasteiger partial charge on any atom is -0.450 e. The van der Waals surface area contributed by atoms with Gasteiger partial charge in [0.15, 0.2) is 0 Å². The smallest absolute Gasteiger partial charge is 0.407 e. The van der Waals surface area contributed by atoms with E-state index < -0.39 is 6.09 Å². The summed E-state index contributed by atoms with van der Waals surface area (Å²) in [7, 11) is 3.48. The Kier molecular flexibility index (Phi) is 21.9. The molecule has 0 saturated heterocycles. The minimum absolute atomic E-state index is 0.0263. The van der Waals surface area contributed by atoms with Gasteiger partial charge < -0.3 is 34.3 Å². The summed E-state index contributed by atoms with van der Waals surface area (Å²) in [5.41, 5.74) is 0.113. The van der Waals surface area contributed by atoms with Crippen LogP contribution < -0.4 is 10.6 Å². The molecule has 0 aromatic rings. The third kappa shape index (κ3) is 24.9. The highest BCUT2D eigenvalue weighted by atomic mass is 33.1. The SMILES string of the molecule is CC(C)NCCOCCOCCNC(=O)OCCC(C)(C)SSC(C)OCCCCOC(C)C. The zero-order chi connectivity index (χ0) is 25.7. The second-order valence-corrected chi connectivity index (χ2v) is 12.4. The molecular formula is C24H50N2O6S2. The molecule has 34 heavy (non-hydrogen) atoms. The van der Waals surface area contributed by atoms with Gasteiger partial charge in [0.2, 0.25) is 0 Å². The van der Waals surface area contributed by atoms with E-state index in [1.807, 2.05) is 13.8 Å². The first kappa shape index (κ1) is 33.8. The van der Waals surface area contributed by atoms with E-state index in [0.717, 1.165) is 39.0 Å². The van der Waals surface area contributed by atoms with Gasteiger partial charge in [0.05, 0.1) is 39.1 Å². The van der Waals surface area contributed by atoms with E-state index in [9.17, 15) is 4.79 Å². The van der Waals surface area contributed by atoms with Crippen molar-refractivity contribution < 1.29 is 28.5 Å². The quantitative estimate of drug-likeness (QED) is 0.110. The molecule has 0 spiro atoms. The Labute approximate surface area is 216 Å². The van der Waals surface area contributed by atoms with Crippen molar-refractivity contribution in [2.24, 2.45) is 0 Å². The number of hydrogen-bond acceptors (Lipinski definition) is 9. The average Bonchev–Trinajstić information content (AvgIpc) is 2.75. The van der Waals surface area contributed by atoms with Crippen LogP contribution in [-0.4, -0.2) is 87.8 Å². The van der Waals surface area contributed by atoms with Gasteiger partial charge in [0, 0.05) is 37.1 Å². The van der Waals surface area contributed by atoms with Crippen LogP contribution in [0.15, 0.2) is 0 Å². The van der Waals surface area contributed by atoms with Gasteiger partial charge in [-0.3, -0.25) is 0 Å². The molecule has 0 rings (SSSR count). The number of rotatable bonds is 23. The van der Waals surface area contributed by atoms with E-state index >= 15 is 0 Å². The number of hydrogen-bond donors (Lipinski definition) is 2. The lowest BCUT2D eigenvalue weighted by molar-refractivity contribution is 0.0489. The van der Waals surface area contributed by atoms with Gasteiger partial charge in [0.25, 0.3) is 0 Å². The highest BCUT2D eigenvalue weighted by Crippen LogP contribution is 2.40. The average molecular weight is 527 g/mol. The molecule has 0 aliphatic carbocycles. The standard InChI is InChI=1S/C24H50N2O6S2/c1-20(2)25-11-16-28-18-19-29-17-12-26-23(27)32-15-10-24(6,7)34-33-22(5)31-14-9-8-13-30-21(3)4/h20-22,25H,8-19H2,1-7H3,(H,26,27). The maximum absolute atomic E-state index is 11.8. The van der Waals surface area contributed by atoms with Crippen molar-refractivity contribution in [3.63, 3.8) is 0 Å². The van der Waals surface area contributed by atoms with Crippen molar-refractivity contribution in [1.29, 1.82) is 0 Å².